The molecule has 1 fully saturated rings. The van der Waals surface area contributed by atoms with Gasteiger partial charge in [0.15, 0.2) is 0 Å². The topological polar surface area (TPSA) is 69.7 Å². The Morgan fingerprint density at radius 2 is 2.48 bits per heavy atom. The number of carbonyl (C=O) groups excluding carboxylic acids is 1. The van der Waals surface area contributed by atoms with Gasteiger partial charge >= 0.3 is 0 Å². The van der Waals surface area contributed by atoms with Crippen molar-refractivity contribution in [3.63, 3.8) is 0 Å². The van der Waals surface area contributed by atoms with E-state index in [1.54, 1.807) is 17.2 Å². The van der Waals surface area contributed by atoms with E-state index >= 15 is 0 Å². The summed E-state index contributed by atoms with van der Waals surface area (Å²) in [5, 5.41) is 8.74. The van der Waals surface area contributed by atoms with Crippen LogP contribution in [0.3, 0.4) is 0 Å². The van der Waals surface area contributed by atoms with Gasteiger partial charge in [-0.3, -0.25) is 9.69 Å². The summed E-state index contributed by atoms with van der Waals surface area (Å²) in [5.41, 5.74) is 0. The molecule has 1 amide bonds. The first-order valence-electron chi connectivity index (χ1n) is 7.20. The summed E-state index contributed by atoms with van der Waals surface area (Å²) in [6, 6.07) is 5.72. The second-order valence-corrected chi connectivity index (χ2v) is 5.22. The van der Waals surface area contributed by atoms with Gasteiger partial charge < -0.3 is 14.1 Å². The summed E-state index contributed by atoms with van der Waals surface area (Å²) in [5.74, 6) is 0.757. The maximum atomic E-state index is 12.4. The number of morpholine rings is 1. The molecule has 1 aliphatic rings. The molecule has 0 bridgehead atoms. The molecule has 0 aromatic carbocycles. The van der Waals surface area contributed by atoms with E-state index in [9.17, 15) is 4.79 Å². The maximum Gasteiger partial charge on any atom is 0.237 e. The lowest BCUT2D eigenvalue weighted by Crippen LogP contribution is -2.47. The molecule has 1 unspecified atom stereocenters. The van der Waals surface area contributed by atoms with Crippen LogP contribution in [0.1, 0.15) is 19.1 Å². The second-order valence-electron chi connectivity index (χ2n) is 5.22. The van der Waals surface area contributed by atoms with Gasteiger partial charge in [-0.15, -0.1) is 0 Å². The van der Waals surface area contributed by atoms with Crippen molar-refractivity contribution in [1.29, 1.82) is 5.26 Å². The highest BCUT2D eigenvalue weighted by Crippen LogP contribution is 2.09. The highest BCUT2D eigenvalue weighted by molar-refractivity contribution is 5.78. The molecular weight excluding hydrogens is 270 g/mol. The number of hydrogen-bond acceptors (Lipinski definition) is 5. The van der Waals surface area contributed by atoms with Crippen LogP contribution in [-0.4, -0.2) is 54.6 Å². The minimum absolute atomic E-state index is 0.0238. The Labute approximate surface area is 124 Å². The van der Waals surface area contributed by atoms with Gasteiger partial charge in [0.25, 0.3) is 0 Å². The first-order valence-corrected chi connectivity index (χ1v) is 7.20. The lowest BCUT2D eigenvalue weighted by molar-refractivity contribution is -0.135. The van der Waals surface area contributed by atoms with Gasteiger partial charge in [0.1, 0.15) is 5.76 Å². The molecule has 0 radical (unpaired) electrons. The van der Waals surface area contributed by atoms with Crippen molar-refractivity contribution in [1.82, 2.24) is 9.80 Å². The lowest BCUT2D eigenvalue weighted by atomic mass is 10.2. The predicted octanol–water partition coefficient (Wildman–Crippen LogP) is 1.24. The normalized spacial score (nSPS) is 19.1. The van der Waals surface area contributed by atoms with E-state index < -0.39 is 0 Å². The fourth-order valence-electron chi connectivity index (χ4n) is 2.39. The minimum atomic E-state index is 0.0238. The van der Waals surface area contributed by atoms with E-state index in [0.29, 0.717) is 32.7 Å². The summed E-state index contributed by atoms with van der Waals surface area (Å²) < 4.78 is 10.8. The molecule has 2 heterocycles. The summed E-state index contributed by atoms with van der Waals surface area (Å²) in [6.45, 7) is 5.39. The molecular formula is C15H21N3O3. The Hall–Kier alpha value is -1.84. The van der Waals surface area contributed by atoms with Gasteiger partial charge in [-0.2, -0.15) is 5.26 Å². The SMILES string of the molecule is CC1CN(CC(=O)N(CCC#N)Cc2ccco2)CCO1. The Balaban J connectivity index is 1.91. The number of rotatable bonds is 6. The van der Waals surface area contributed by atoms with Crippen LogP contribution in [0.15, 0.2) is 22.8 Å². The molecule has 1 atom stereocenters. The van der Waals surface area contributed by atoms with Crippen molar-refractivity contribution < 1.29 is 13.9 Å². The highest BCUT2D eigenvalue weighted by Gasteiger charge is 2.22. The molecule has 1 saturated heterocycles. The van der Waals surface area contributed by atoms with E-state index in [4.69, 9.17) is 14.4 Å². The largest absolute Gasteiger partial charge is 0.467 e. The van der Waals surface area contributed by atoms with Crippen LogP contribution in [-0.2, 0) is 16.1 Å². The average molecular weight is 291 g/mol. The third kappa shape index (κ3) is 4.88. The molecule has 0 aliphatic carbocycles. The summed E-state index contributed by atoms with van der Waals surface area (Å²) in [7, 11) is 0. The quantitative estimate of drug-likeness (QED) is 0.788. The first-order chi connectivity index (χ1) is 10.2. The Morgan fingerprint density at radius 3 is 3.14 bits per heavy atom. The van der Waals surface area contributed by atoms with Gasteiger partial charge in [-0.25, -0.2) is 0 Å². The van der Waals surface area contributed by atoms with Crippen LogP contribution in [0.2, 0.25) is 0 Å². The monoisotopic (exact) mass is 291 g/mol. The molecule has 1 aromatic rings. The van der Waals surface area contributed by atoms with Gasteiger partial charge in [0.2, 0.25) is 5.91 Å². The number of hydrogen-bond donors (Lipinski definition) is 0. The Kier molecular flexibility index (Phi) is 5.78. The number of ether oxygens (including phenoxy) is 1. The highest BCUT2D eigenvalue weighted by atomic mass is 16.5. The molecule has 2 rings (SSSR count). The minimum Gasteiger partial charge on any atom is -0.467 e. The van der Waals surface area contributed by atoms with Gasteiger partial charge in [0, 0.05) is 19.6 Å². The van der Waals surface area contributed by atoms with Crippen LogP contribution in [0, 0.1) is 11.3 Å². The third-order valence-corrected chi connectivity index (χ3v) is 3.46. The number of nitriles is 1. The Bertz CT molecular complexity index is 481. The molecule has 1 aromatic heterocycles. The van der Waals surface area contributed by atoms with E-state index in [2.05, 4.69) is 11.0 Å². The lowest BCUT2D eigenvalue weighted by Gasteiger charge is -2.32. The molecule has 21 heavy (non-hydrogen) atoms. The molecule has 0 N–H and O–H groups in total. The van der Waals surface area contributed by atoms with Crippen molar-refractivity contribution in [3.05, 3.63) is 24.2 Å². The molecule has 6 nitrogen and oxygen atoms in total. The molecule has 1 aliphatic heterocycles. The maximum absolute atomic E-state index is 12.4. The smallest absolute Gasteiger partial charge is 0.237 e. The molecule has 114 valence electrons. The van der Waals surface area contributed by atoms with Crippen molar-refractivity contribution in [3.8, 4) is 6.07 Å². The zero-order valence-electron chi connectivity index (χ0n) is 12.3. The fraction of sp³-hybridized carbons (Fsp3) is 0.600. The summed E-state index contributed by atoms with van der Waals surface area (Å²) >= 11 is 0. The van der Waals surface area contributed by atoms with Crippen LogP contribution < -0.4 is 0 Å². The van der Waals surface area contributed by atoms with Gasteiger partial charge in [0.05, 0.1) is 44.6 Å². The molecule has 0 spiro atoms. The van der Waals surface area contributed by atoms with Crippen molar-refractivity contribution in [2.24, 2.45) is 0 Å². The van der Waals surface area contributed by atoms with Crippen LogP contribution in [0.4, 0.5) is 0 Å². The van der Waals surface area contributed by atoms with E-state index in [-0.39, 0.29) is 12.0 Å². The zero-order valence-corrected chi connectivity index (χ0v) is 12.3. The first kappa shape index (κ1) is 15.5. The van der Waals surface area contributed by atoms with Crippen molar-refractivity contribution in [2.45, 2.75) is 26.0 Å². The van der Waals surface area contributed by atoms with E-state index in [1.807, 2.05) is 13.0 Å². The van der Waals surface area contributed by atoms with Crippen LogP contribution in [0.5, 0.6) is 0 Å². The average Bonchev–Trinajstić information content (AvgIpc) is 2.96. The Morgan fingerprint density at radius 1 is 1.62 bits per heavy atom. The number of nitrogens with zero attached hydrogens (tertiary/aromatic N) is 3. The fourth-order valence-corrected chi connectivity index (χ4v) is 2.39. The second kappa shape index (κ2) is 7.81. The van der Waals surface area contributed by atoms with E-state index in [1.165, 1.54) is 0 Å². The summed E-state index contributed by atoms with van der Waals surface area (Å²) in [6.07, 6.45) is 2.07. The number of amides is 1. The molecule has 6 heteroatoms. The molecule has 0 saturated carbocycles. The van der Waals surface area contributed by atoms with Crippen LogP contribution in [0.25, 0.3) is 0 Å². The van der Waals surface area contributed by atoms with E-state index in [0.717, 1.165) is 18.8 Å². The van der Waals surface area contributed by atoms with Crippen molar-refractivity contribution >= 4 is 5.91 Å². The van der Waals surface area contributed by atoms with Crippen molar-refractivity contribution in [2.75, 3.05) is 32.8 Å². The third-order valence-electron chi connectivity index (χ3n) is 3.46. The standard InChI is InChI=1S/C15H21N3O3/c1-13-10-17(7-9-20-13)12-15(19)18(6-3-5-16)11-14-4-2-8-21-14/h2,4,8,13H,3,6-7,9-12H2,1H3. The summed E-state index contributed by atoms with van der Waals surface area (Å²) in [4.78, 5) is 16.2. The van der Waals surface area contributed by atoms with Crippen LogP contribution >= 0.6 is 0 Å². The predicted molar refractivity (Wildman–Crippen MR) is 76.2 cm³/mol. The van der Waals surface area contributed by atoms with Gasteiger partial charge in [-0.05, 0) is 19.1 Å². The van der Waals surface area contributed by atoms with Gasteiger partial charge in [-0.1, -0.05) is 0 Å². The number of furan rings is 1. The zero-order chi connectivity index (χ0) is 15.1. The number of carbonyl (C=O) groups is 1.